The number of anilines is 1. The molecule has 2 aromatic carbocycles. The lowest BCUT2D eigenvalue weighted by Gasteiger charge is -2.44. The topological polar surface area (TPSA) is 128 Å². The number of carboxylic acid groups (broad SMARTS) is 1. The monoisotopic (exact) mass is 694 g/mol. The van der Waals surface area contributed by atoms with Gasteiger partial charge < -0.3 is 25.5 Å². The number of alkyl halides is 3. The van der Waals surface area contributed by atoms with Crippen molar-refractivity contribution in [1.29, 1.82) is 0 Å². The summed E-state index contributed by atoms with van der Waals surface area (Å²) in [7, 11) is 2.08. The van der Waals surface area contributed by atoms with E-state index in [-0.39, 0.29) is 53.0 Å². The van der Waals surface area contributed by atoms with E-state index in [9.17, 15) is 32.7 Å². The molecule has 13 heteroatoms. The fourth-order valence-corrected chi connectivity index (χ4v) is 7.96. The van der Waals surface area contributed by atoms with E-state index in [1.54, 1.807) is 0 Å². The largest absolute Gasteiger partial charge is 0.481 e. The van der Waals surface area contributed by atoms with Crippen LogP contribution in [0.5, 0.6) is 0 Å². The summed E-state index contributed by atoms with van der Waals surface area (Å²) in [6.45, 7) is 4.70. The quantitative estimate of drug-likeness (QED) is 0.246. The smallest absolute Gasteiger partial charge is 0.416 e. The molecular weight excluding hydrogens is 649 g/mol. The number of carbonyl (C=O) groups is 3. The maximum Gasteiger partial charge on any atom is 0.416 e. The minimum Gasteiger partial charge on any atom is -0.481 e. The van der Waals surface area contributed by atoms with Crippen LogP contribution < -0.4 is 10.6 Å². The van der Waals surface area contributed by atoms with Crippen LogP contribution in [0.4, 0.5) is 19.0 Å². The van der Waals surface area contributed by atoms with Crippen molar-refractivity contribution < 1.29 is 32.7 Å². The van der Waals surface area contributed by atoms with Crippen molar-refractivity contribution in [2.75, 3.05) is 18.9 Å². The van der Waals surface area contributed by atoms with Crippen molar-refractivity contribution in [3.8, 4) is 0 Å². The molecule has 268 valence electrons. The molecule has 50 heavy (non-hydrogen) atoms. The Balaban J connectivity index is 1.16. The maximum atomic E-state index is 13.9. The van der Waals surface area contributed by atoms with Gasteiger partial charge in [0, 0.05) is 29.6 Å². The molecular formula is C37H45F3N6O4. The molecule has 0 unspecified atom stereocenters. The first kappa shape index (κ1) is 35.6. The number of benzene rings is 2. The van der Waals surface area contributed by atoms with Crippen LogP contribution in [0.25, 0.3) is 10.9 Å². The zero-order valence-corrected chi connectivity index (χ0v) is 28.6. The van der Waals surface area contributed by atoms with Crippen LogP contribution in [0.1, 0.15) is 92.6 Å². The number of hydrogen-bond donors (Lipinski definition) is 3. The zero-order valence-electron chi connectivity index (χ0n) is 28.6. The Kier molecular flexibility index (Phi) is 10.3. The van der Waals surface area contributed by atoms with Crippen molar-refractivity contribution in [1.82, 2.24) is 25.1 Å². The van der Waals surface area contributed by atoms with E-state index in [0.29, 0.717) is 55.8 Å². The van der Waals surface area contributed by atoms with Gasteiger partial charge in [0.05, 0.1) is 29.1 Å². The molecule has 3 aromatic rings. The van der Waals surface area contributed by atoms with Crippen LogP contribution in [0.15, 0.2) is 48.8 Å². The first-order valence-corrected chi connectivity index (χ1v) is 17.5. The lowest BCUT2D eigenvalue weighted by molar-refractivity contribution is -0.143. The molecule has 1 aromatic heterocycles. The molecule has 0 spiro atoms. The third kappa shape index (κ3) is 7.57. The first-order chi connectivity index (χ1) is 23.8. The highest BCUT2D eigenvalue weighted by atomic mass is 19.4. The molecule has 0 radical (unpaired) electrons. The summed E-state index contributed by atoms with van der Waals surface area (Å²) in [4.78, 5) is 51.4. The maximum absolute atomic E-state index is 13.9. The number of amides is 2. The molecule has 2 aliphatic carbocycles. The molecule has 1 aliphatic heterocycles. The minimum atomic E-state index is -4.53. The van der Waals surface area contributed by atoms with Gasteiger partial charge in [0.25, 0.3) is 5.91 Å². The number of carboxylic acids is 1. The van der Waals surface area contributed by atoms with Crippen LogP contribution in [0, 0.1) is 5.92 Å². The predicted octanol–water partition coefficient (Wildman–Crippen LogP) is 6.08. The lowest BCUT2D eigenvalue weighted by atomic mass is 9.78. The Morgan fingerprint density at radius 2 is 1.70 bits per heavy atom. The number of nitrogens with one attached hydrogen (secondary N) is 2. The van der Waals surface area contributed by atoms with Gasteiger partial charge in [-0.25, -0.2) is 9.97 Å². The number of halogens is 3. The lowest BCUT2D eigenvalue weighted by Crippen LogP contribution is -2.58. The number of aromatic nitrogens is 2. The average molecular weight is 695 g/mol. The number of hydrogen-bond acceptors (Lipinski definition) is 7. The third-order valence-electron chi connectivity index (χ3n) is 11.1. The molecule has 2 heterocycles. The summed E-state index contributed by atoms with van der Waals surface area (Å²) in [6.07, 6.45) is 2.28. The second-order valence-electron chi connectivity index (χ2n) is 14.4. The fraction of sp³-hybridized carbons (Fsp3) is 0.541. The second kappa shape index (κ2) is 14.5. The van der Waals surface area contributed by atoms with E-state index in [2.05, 4.69) is 46.4 Å². The van der Waals surface area contributed by atoms with Crippen LogP contribution in [-0.2, 0) is 15.8 Å². The number of nitrogens with zero attached hydrogens (tertiary/aromatic N) is 4. The Bertz CT molecular complexity index is 1710. The van der Waals surface area contributed by atoms with Gasteiger partial charge >= 0.3 is 12.1 Å². The van der Waals surface area contributed by atoms with E-state index >= 15 is 0 Å². The van der Waals surface area contributed by atoms with E-state index in [4.69, 9.17) is 0 Å². The highest BCUT2D eigenvalue weighted by molar-refractivity contribution is 5.95. The number of carbonyl (C=O) groups excluding carboxylic acids is 2. The van der Waals surface area contributed by atoms with Crippen LogP contribution >= 0.6 is 0 Å². The number of aliphatic carboxylic acids is 1. The Morgan fingerprint density at radius 3 is 2.36 bits per heavy atom. The summed E-state index contributed by atoms with van der Waals surface area (Å²) in [5, 5.41) is 15.9. The van der Waals surface area contributed by atoms with Crippen molar-refractivity contribution >= 4 is 34.5 Å². The van der Waals surface area contributed by atoms with Gasteiger partial charge in [-0.1, -0.05) is 12.1 Å². The Morgan fingerprint density at radius 1 is 0.980 bits per heavy atom. The van der Waals surface area contributed by atoms with Crippen molar-refractivity contribution in [3.63, 3.8) is 0 Å². The summed E-state index contributed by atoms with van der Waals surface area (Å²) >= 11 is 0. The van der Waals surface area contributed by atoms with Gasteiger partial charge in [0.2, 0.25) is 5.91 Å². The minimum absolute atomic E-state index is 0.173. The third-order valence-corrected chi connectivity index (χ3v) is 11.1. The van der Waals surface area contributed by atoms with Gasteiger partial charge in [0.15, 0.2) is 0 Å². The molecule has 3 fully saturated rings. The fourth-order valence-electron chi connectivity index (χ4n) is 7.96. The zero-order chi connectivity index (χ0) is 35.7. The van der Waals surface area contributed by atoms with Gasteiger partial charge in [-0.3, -0.25) is 14.4 Å². The second-order valence-corrected chi connectivity index (χ2v) is 14.4. The molecule has 4 atom stereocenters. The van der Waals surface area contributed by atoms with Gasteiger partial charge in [0.1, 0.15) is 18.2 Å². The number of likely N-dealkylation sites (tertiary alicyclic amines) is 1. The average Bonchev–Trinajstić information content (AvgIpc) is 3.46. The number of fused-ring (bicyclic) bond motifs is 1. The molecule has 10 nitrogen and oxygen atoms in total. The first-order valence-electron chi connectivity index (χ1n) is 17.5. The van der Waals surface area contributed by atoms with Crippen LogP contribution in [0.3, 0.4) is 0 Å². The van der Waals surface area contributed by atoms with Crippen LogP contribution in [0.2, 0.25) is 0 Å². The Hall–Kier alpha value is -4.26. The summed E-state index contributed by atoms with van der Waals surface area (Å²) in [5.74, 6) is -0.971. The number of rotatable bonds is 9. The highest BCUT2D eigenvalue weighted by Crippen LogP contribution is 2.37. The molecule has 3 N–H and O–H groups in total. The normalized spacial score (nSPS) is 26.1. The SMILES string of the molecule is CC(C)N(C)[C@@H]1CC[C@H](N2CC[C@H](Nc3ncnc4ccc(C(F)(F)F)cc34)C2=O)[C@H](NC(=O)c2ccc(C3CCC(C(=O)O)CC3)cc2)C1. The van der Waals surface area contributed by atoms with Crippen molar-refractivity contribution in [2.45, 2.75) is 108 Å². The van der Waals surface area contributed by atoms with E-state index in [0.717, 1.165) is 37.0 Å². The Labute approximate surface area is 289 Å². The van der Waals surface area contributed by atoms with Crippen molar-refractivity contribution in [2.24, 2.45) is 5.92 Å². The summed E-state index contributed by atoms with van der Waals surface area (Å²) in [5.41, 5.74) is 1.15. The standard InChI is InChI=1S/C37H45F3N6O4/c1-21(2)45(3)27-13-15-32(31(19-27)44-34(47)24-8-4-22(5-9-24)23-6-10-25(11-7-23)36(49)50)46-17-16-30(35(46)48)43-33-28-18-26(37(38,39)40)12-14-29(28)41-20-42-33/h4-5,8-9,12,14,18,20-21,23,25,27,30-32H,6-7,10-11,13,15-17,19H2,1-3H3,(H,44,47)(H,49,50)(H,41,42,43)/t23?,25?,27-,30+,31-,32+/m1/s1. The van der Waals surface area contributed by atoms with Gasteiger partial charge in [-0.05, 0) is 114 Å². The molecule has 2 amide bonds. The molecule has 1 saturated heterocycles. The summed E-state index contributed by atoms with van der Waals surface area (Å²) < 4.78 is 40.5. The van der Waals surface area contributed by atoms with Crippen LogP contribution in [-0.4, -0.2) is 86.5 Å². The van der Waals surface area contributed by atoms with Gasteiger partial charge in [-0.2, -0.15) is 13.2 Å². The summed E-state index contributed by atoms with van der Waals surface area (Å²) in [6, 6.07) is 10.1. The van der Waals surface area contributed by atoms with Gasteiger partial charge in [-0.15, -0.1) is 0 Å². The molecule has 0 bridgehead atoms. The van der Waals surface area contributed by atoms with E-state index in [1.165, 1.54) is 12.4 Å². The molecule has 6 rings (SSSR count). The van der Waals surface area contributed by atoms with E-state index in [1.807, 2.05) is 29.2 Å². The van der Waals surface area contributed by atoms with Crippen molar-refractivity contribution in [3.05, 3.63) is 65.5 Å². The molecule has 2 saturated carbocycles. The van der Waals surface area contributed by atoms with E-state index < -0.39 is 23.8 Å². The molecule has 3 aliphatic rings. The highest BCUT2D eigenvalue weighted by Gasteiger charge is 2.43. The predicted molar refractivity (Wildman–Crippen MR) is 183 cm³/mol.